The Morgan fingerprint density at radius 1 is 1.03 bits per heavy atom. The van der Waals surface area contributed by atoms with Crippen LogP contribution in [0, 0.1) is 0 Å². The van der Waals surface area contributed by atoms with Gasteiger partial charge < -0.3 is 20.1 Å². The van der Waals surface area contributed by atoms with Crippen LogP contribution >= 0.6 is 24.0 Å². The van der Waals surface area contributed by atoms with E-state index in [-0.39, 0.29) is 24.0 Å². The maximum Gasteiger partial charge on any atom is 0.191 e. The average molecular weight is 530 g/mol. The summed E-state index contributed by atoms with van der Waals surface area (Å²) in [6, 6.07) is 21.5. The molecule has 0 unspecified atom stereocenters. The van der Waals surface area contributed by atoms with E-state index in [4.69, 9.17) is 0 Å². The molecule has 0 saturated carbocycles. The summed E-state index contributed by atoms with van der Waals surface area (Å²) in [5.41, 5.74) is 2.58. The fraction of sp³-hybridized carbons (Fsp3) is 0.333. The van der Waals surface area contributed by atoms with Crippen LogP contribution in [0.15, 0.2) is 78.0 Å². The van der Waals surface area contributed by atoms with Crippen molar-refractivity contribution in [3.8, 4) is 0 Å². The summed E-state index contributed by atoms with van der Waals surface area (Å²) in [5.74, 6) is 1.84. The second-order valence-corrected chi connectivity index (χ2v) is 7.62. The van der Waals surface area contributed by atoms with Crippen LogP contribution in [0.4, 0.5) is 5.69 Å². The molecule has 1 fully saturated rings. The lowest BCUT2D eigenvalue weighted by molar-refractivity contribution is 0.461. The third-order valence-electron chi connectivity index (χ3n) is 5.59. The van der Waals surface area contributed by atoms with Crippen molar-refractivity contribution in [1.82, 2.24) is 20.2 Å². The largest absolute Gasteiger partial charge is 0.371 e. The maximum atomic E-state index is 4.52. The highest BCUT2D eigenvalue weighted by molar-refractivity contribution is 14.0. The van der Waals surface area contributed by atoms with Gasteiger partial charge >= 0.3 is 0 Å². The highest BCUT2D eigenvalue weighted by Crippen LogP contribution is 2.19. The SMILES string of the molecule is CN=C(NCc1nccn1Cc1ccccc1)NC1CCN(c2ccccc2)CC1.I. The number of aromatic nitrogens is 2. The number of hydrogen-bond acceptors (Lipinski definition) is 3. The number of guanidine groups is 1. The molecule has 2 heterocycles. The average Bonchev–Trinajstić information content (AvgIpc) is 3.25. The lowest BCUT2D eigenvalue weighted by Gasteiger charge is -2.34. The second kappa shape index (κ2) is 11.7. The number of anilines is 1. The van der Waals surface area contributed by atoms with E-state index in [0.29, 0.717) is 12.6 Å². The smallest absolute Gasteiger partial charge is 0.191 e. The highest BCUT2D eigenvalue weighted by Gasteiger charge is 2.20. The highest BCUT2D eigenvalue weighted by atomic mass is 127. The van der Waals surface area contributed by atoms with E-state index < -0.39 is 0 Å². The predicted molar refractivity (Wildman–Crippen MR) is 138 cm³/mol. The molecule has 1 aliphatic heterocycles. The van der Waals surface area contributed by atoms with E-state index >= 15 is 0 Å². The Morgan fingerprint density at radius 2 is 1.71 bits per heavy atom. The fourth-order valence-electron chi connectivity index (χ4n) is 3.90. The Hall–Kier alpha value is -2.55. The molecular weight excluding hydrogens is 499 g/mol. The van der Waals surface area contributed by atoms with Gasteiger partial charge in [-0.15, -0.1) is 24.0 Å². The fourth-order valence-corrected chi connectivity index (χ4v) is 3.90. The Labute approximate surface area is 201 Å². The first-order valence-electron chi connectivity index (χ1n) is 10.6. The van der Waals surface area contributed by atoms with Crippen molar-refractivity contribution in [2.24, 2.45) is 4.99 Å². The van der Waals surface area contributed by atoms with Gasteiger partial charge in [-0.1, -0.05) is 48.5 Å². The van der Waals surface area contributed by atoms with Crippen molar-refractivity contribution in [2.45, 2.75) is 32.0 Å². The van der Waals surface area contributed by atoms with E-state index in [1.54, 1.807) is 0 Å². The van der Waals surface area contributed by atoms with Crippen LogP contribution in [-0.2, 0) is 13.1 Å². The molecule has 1 saturated heterocycles. The first kappa shape index (κ1) is 23.1. The van der Waals surface area contributed by atoms with Gasteiger partial charge in [-0.3, -0.25) is 4.99 Å². The molecule has 31 heavy (non-hydrogen) atoms. The lowest BCUT2D eigenvalue weighted by Crippen LogP contribution is -2.48. The number of para-hydroxylation sites is 1. The number of benzene rings is 2. The molecule has 7 heteroatoms. The third kappa shape index (κ3) is 6.46. The van der Waals surface area contributed by atoms with Gasteiger partial charge in [0.2, 0.25) is 0 Å². The summed E-state index contributed by atoms with van der Waals surface area (Å²) in [6.07, 6.45) is 6.07. The van der Waals surface area contributed by atoms with Crippen molar-refractivity contribution in [2.75, 3.05) is 25.0 Å². The van der Waals surface area contributed by atoms with Crippen LogP contribution in [0.1, 0.15) is 24.2 Å². The van der Waals surface area contributed by atoms with Gasteiger partial charge in [-0.2, -0.15) is 0 Å². The molecule has 3 aromatic rings. The molecule has 0 bridgehead atoms. The zero-order valence-electron chi connectivity index (χ0n) is 17.9. The van der Waals surface area contributed by atoms with E-state index in [1.165, 1.54) is 11.3 Å². The minimum Gasteiger partial charge on any atom is -0.371 e. The summed E-state index contributed by atoms with van der Waals surface area (Å²) in [7, 11) is 1.82. The van der Waals surface area contributed by atoms with Crippen molar-refractivity contribution < 1.29 is 0 Å². The number of nitrogens with zero attached hydrogens (tertiary/aromatic N) is 4. The van der Waals surface area contributed by atoms with Crippen molar-refractivity contribution in [1.29, 1.82) is 0 Å². The topological polar surface area (TPSA) is 57.5 Å². The Kier molecular flexibility index (Phi) is 8.75. The van der Waals surface area contributed by atoms with Gasteiger partial charge in [0.1, 0.15) is 5.82 Å². The monoisotopic (exact) mass is 530 g/mol. The summed E-state index contributed by atoms with van der Waals surface area (Å²) < 4.78 is 2.17. The van der Waals surface area contributed by atoms with Gasteiger partial charge in [0.25, 0.3) is 0 Å². The van der Waals surface area contributed by atoms with Gasteiger partial charge in [-0.25, -0.2) is 4.98 Å². The predicted octanol–water partition coefficient (Wildman–Crippen LogP) is 3.88. The third-order valence-corrected chi connectivity index (χ3v) is 5.59. The van der Waals surface area contributed by atoms with Crippen molar-refractivity contribution >= 4 is 35.6 Å². The molecule has 164 valence electrons. The number of hydrogen-bond donors (Lipinski definition) is 2. The zero-order valence-corrected chi connectivity index (χ0v) is 20.3. The number of imidazole rings is 1. The molecule has 0 spiro atoms. The lowest BCUT2D eigenvalue weighted by atomic mass is 10.0. The number of rotatable bonds is 6. The minimum absolute atomic E-state index is 0. The molecule has 0 aliphatic carbocycles. The van der Waals surface area contributed by atoms with Gasteiger partial charge in [0, 0.05) is 50.8 Å². The molecule has 1 aliphatic rings. The molecule has 2 N–H and O–H groups in total. The number of nitrogens with one attached hydrogen (secondary N) is 2. The number of halogens is 1. The van der Waals surface area contributed by atoms with Gasteiger partial charge in [-0.05, 0) is 30.5 Å². The molecular formula is C24H31IN6. The van der Waals surface area contributed by atoms with Crippen LogP contribution in [0.2, 0.25) is 0 Å². The van der Waals surface area contributed by atoms with E-state index in [9.17, 15) is 0 Å². The first-order valence-corrected chi connectivity index (χ1v) is 10.6. The Balaban J connectivity index is 0.00000272. The van der Waals surface area contributed by atoms with Crippen LogP contribution < -0.4 is 15.5 Å². The van der Waals surface area contributed by atoms with Gasteiger partial charge in [0.05, 0.1) is 6.54 Å². The summed E-state index contributed by atoms with van der Waals surface area (Å²) in [5, 5.41) is 7.01. The standard InChI is InChI=1S/C24H30N6.HI/c1-25-24(28-21-12-15-29(16-13-21)22-10-6-3-7-11-22)27-18-23-26-14-17-30(23)19-20-8-4-2-5-9-20;/h2-11,14,17,21H,12-13,15-16,18-19H2,1H3,(H2,25,27,28);1H. The quantitative estimate of drug-likeness (QED) is 0.289. The van der Waals surface area contributed by atoms with E-state index in [1.807, 2.05) is 25.5 Å². The molecule has 0 radical (unpaired) electrons. The van der Waals surface area contributed by atoms with E-state index in [0.717, 1.165) is 44.3 Å². The molecule has 4 rings (SSSR count). The van der Waals surface area contributed by atoms with Gasteiger partial charge in [0.15, 0.2) is 5.96 Å². The molecule has 0 amide bonds. The summed E-state index contributed by atoms with van der Waals surface area (Å²) >= 11 is 0. The molecule has 2 aromatic carbocycles. The summed E-state index contributed by atoms with van der Waals surface area (Å²) in [4.78, 5) is 11.4. The molecule has 1 aromatic heterocycles. The van der Waals surface area contributed by atoms with E-state index in [2.05, 4.69) is 84.7 Å². The normalized spacial score (nSPS) is 14.7. The Bertz CT molecular complexity index is 933. The molecule has 6 nitrogen and oxygen atoms in total. The first-order chi connectivity index (χ1) is 14.8. The molecule has 0 atom stereocenters. The van der Waals surface area contributed by atoms with Crippen LogP contribution in [0.5, 0.6) is 0 Å². The zero-order chi connectivity index (χ0) is 20.6. The number of aliphatic imine (C=N–C) groups is 1. The van der Waals surface area contributed by atoms with Crippen LogP contribution in [-0.4, -0.2) is 41.7 Å². The van der Waals surface area contributed by atoms with Crippen LogP contribution in [0.25, 0.3) is 0 Å². The maximum absolute atomic E-state index is 4.52. The summed E-state index contributed by atoms with van der Waals surface area (Å²) in [6.45, 7) is 3.57. The van der Waals surface area contributed by atoms with Crippen molar-refractivity contribution in [3.05, 3.63) is 84.4 Å². The Morgan fingerprint density at radius 3 is 2.39 bits per heavy atom. The second-order valence-electron chi connectivity index (χ2n) is 7.62. The van der Waals surface area contributed by atoms with Crippen LogP contribution in [0.3, 0.4) is 0 Å². The number of piperidine rings is 1. The minimum atomic E-state index is 0. The van der Waals surface area contributed by atoms with Crippen molar-refractivity contribution in [3.63, 3.8) is 0 Å².